The normalized spacial score (nSPS) is 15.5. The highest BCUT2D eigenvalue weighted by molar-refractivity contribution is 5.92. The number of carbonyl (C=O) groups is 1. The molecule has 2 rings (SSSR count). The molecule has 0 saturated carbocycles. The van der Waals surface area contributed by atoms with E-state index in [0.29, 0.717) is 19.9 Å². The fourth-order valence-corrected chi connectivity index (χ4v) is 1.66. The average Bonchev–Trinajstić information content (AvgIpc) is 2.90. The van der Waals surface area contributed by atoms with Gasteiger partial charge in [-0.1, -0.05) is 18.2 Å². The van der Waals surface area contributed by atoms with Crippen LogP contribution in [0.25, 0.3) is 6.08 Å². The fourth-order valence-electron chi connectivity index (χ4n) is 1.66. The molecule has 1 heterocycles. The van der Waals surface area contributed by atoms with E-state index in [4.69, 9.17) is 9.47 Å². The summed E-state index contributed by atoms with van der Waals surface area (Å²) in [5, 5.41) is 0. The first-order valence-corrected chi connectivity index (χ1v) is 5.49. The van der Waals surface area contributed by atoms with Crippen molar-refractivity contribution >= 4 is 12.0 Å². The van der Waals surface area contributed by atoms with Crippen LogP contribution in [0.1, 0.15) is 5.56 Å². The molecule has 0 bridgehead atoms. The summed E-state index contributed by atoms with van der Waals surface area (Å²) in [6.07, 6.45) is 3.31. The molecule has 0 unspecified atom stereocenters. The first-order valence-electron chi connectivity index (χ1n) is 5.49. The molecule has 90 valence electrons. The third kappa shape index (κ3) is 2.85. The zero-order valence-electron chi connectivity index (χ0n) is 9.76. The topological polar surface area (TPSA) is 38.8 Å². The summed E-state index contributed by atoms with van der Waals surface area (Å²) in [4.78, 5) is 13.4. The molecule has 4 heteroatoms. The Kier molecular flexibility index (Phi) is 3.77. The molecule has 0 spiro atoms. The lowest BCUT2D eigenvalue weighted by molar-refractivity contribution is -0.126. The number of rotatable bonds is 3. The van der Waals surface area contributed by atoms with Gasteiger partial charge in [-0.15, -0.1) is 0 Å². The minimum atomic E-state index is -0.0339. The number of amides is 1. The number of hydrogen-bond acceptors (Lipinski definition) is 3. The Labute approximate surface area is 100 Å². The lowest BCUT2D eigenvalue weighted by atomic mass is 10.2. The zero-order valence-corrected chi connectivity index (χ0v) is 9.76. The maximum atomic E-state index is 11.7. The van der Waals surface area contributed by atoms with E-state index < -0.39 is 0 Å². The van der Waals surface area contributed by atoms with Crippen molar-refractivity contribution in [2.75, 3.05) is 27.0 Å². The van der Waals surface area contributed by atoms with Crippen molar-refractivity contribution < 1.29 is 14.3 Å². The minimum Gasteiger partial charge on any atom is -0.496 e. The third-order valence-electron chi connectivity index (χ3n) is 2.61. The van der Waals surface area contributed by atoms with Crippen molar-refractivity contribution in [3.63, 3.8) is 0 Å². The molecule has 4 nitrogen and oxygen atoms in total. The second kappa shape index (κ2) is 5.50. The van der Waals surface area contributed by atoms with E-state index in [0.717, 1.165) is 11.3 Å². The molecule has 1 aromatic rings. The number of nitrogens with zero attached hydrogens (tertiary/aromatic N) is 1. The van der Waals surface area contributed by atoms with Crippen LogP contribution in [0.3, 0.4) is 0 Å². The molecule has 17 heavy (non-hydrogen) atoms. The van der Waals surface area contributed by atoms with Gasteiger partial charge in [-0.3, -0.25) is 4.79 Å². The molecular weight excluding hydrogens is 218 g/mol. The van der Waals surface area contributed by atoms with Crippen LogP contribution in [0.15, 0.2) is 30.3 Å². The highest BCUT2D eigenvalue weighted by Gasteiger charge is 2.15. The standard InChI is InChI=1S/C13H15NO3/c1-16-12-5-3-2-4-11(12)6-7-13(15)14-8-9-17-10-14/h2-7H,8-10H2,1H3/b7-6+. The van der Waals surface area contributed by atoms with Gasteiger partial charge in [0.05, 0.1) is 13.7 Å². The van der Waals surface area contributed by atoms with Crippen LogP contribution in [0.4, 0.5) is 0 Å². The van der Waals surface area contributed by atoms with E-state index >= 15 is 0 Å². The first kappa shape index (κ1) is 11.7. The Morgan fingerprint density at radius 3 is 3.00 bits per heavy atom. The Morgan fingerprint density at radius 1 is 1.47 bits per heavy atom. The summed E-state index contributed by atoms with van der Waals surface area (Å²) < 4.78 is 10.3. The number of benzene rings is 1. The Balaban J connectivity index is 2.06. The summed E-state index contributed by atoms with van der Waals surface area (Å²) in [6, 6.07) is 7.57. The number of methoxy groups -OCH3 is 1. The molecule has 1 amide bonds. The quantitative estimate of drug-likeness (QED) is 0.743. The largest absolute Gasteiger partial charge is 0.496 e. The van der Waals surface area contributed by atoms with Gasteiger partial charge < -0.3 is 14.4 Å². The molecule has 1 aliphatic rings. The van der Waals surface area contributed by atoms with E-state index in [9.17, 15) is 4.79 Å². The van der Waals surface area contributed by atoms with Gasteiger partial charge in [-0.05, 0) is 12.1 Å². The first-order chi connectivity index (χ1) is 8.31. The number of hydrogen-bond donors (Lipinski definition) is 0. The lowest BCUT2D eigenvalue weighted by Crippen LogP contribution is -2.26. The van der Waals surface area contributed by atoms with Crippen LogP contribution < -0.4 is 4.74 Å². The summed E-state index contributed by atoms with van der Waals surface area (Å²) in [7, 11) is 1.61. The second-order valence-electron chi connectivity index (χ2n) is 3.71. The minimum absolute atomic E-state index is 0.0339. The maximum absolute atomic E-state index is 11.7. The van der Waals surface area contributed by atoms with Crippen molar-refractivity contribution in [2.45, 2.75) is 0 Å². The average molecular weight is 233 g/mol. The summed E-state index contributed by atoms with van der Waals surface area (Å²) >= 11 is 0. The molecule has 0 aliphatic carbocycles. The van der Waals surface area contributed by atoms with E-state index in [1.807, 2.05) is 24.3 Å². The Hall–Kier alpha value is -1.81. The van der Waals surface area contributed by atoms with Crippen LogP contribution >= 0.6 is 0 Å². The second-order valence-corrected chi connectivity index (χ2v) is 3.71. The van der Waals surface area contributed by atoms with E-state index in [1.165, 1.54) is 0 Å². The number of ether oxygens (including phenoxy) is 2. The fraction of sp³-hybridized carbons (Fsp3) is 0.308. The third-order valence-corrected chi connectivity index (χ3v) is 2.61. The lowest BCUT2D eigenvalue weighted by Gasteiger charge is -2.10. The van der Waals surface area contributed by atoms with Crippen LogP contribution in [0.2, 0.25) is 0 Å². The molecule has 0 N–H and O–H groups in total. The Morgan fingerprint density at radius 2 is 2.29 bits per heavy atom. The predicted molar refractivity (Wildman–Crippen MR) is 64.6 cm³/mol. The summed E-state index contributed by atoms with van der Waals surface area (Å²) in [5.74, 6) is 0.725. The summed E-state index contributed by atoms with van der Waals surface area (Å²) in [6.45, 7) is 1.67. The van der Waals surface area contributed by atoms with Crippen LogP contribution in [0.5, 0.6) is 5.75 Å². The highest BCUT2D eigenvalue weighted by atomic mass is 16.5. The van der Waals surface area contributed by atoms with Gasteiger partial charge in [0.1, 0.15) is 12.5 Å². The Bertz CT molecular complexity index is 422. The van der Waals surface area contributed by atoms with Gasteiger partial charge in [0.15, 0.2) is 0 Å². The van der Waals surface area contributed by atoms with E-state index in [-0.39, 0.29) is 5.91 Å². The molecule has 0 atom stereocenters. The van der Waals surface area contributed by atoms with Gasteiger partial charge in [-0.2, -0.15) is 0 Å². The van der Waals surface area contributed by atoms with Crippen LogP contribution in [0, 0.1) is 0 Å². The highest BCUT2D eigenvalue weighted by Crippen LogP contribution is 2.18. The zero-order chi connectivity index (χ0) is 12.1. The molecule has 0 radical (unpaired) electrons. The van der Waals surface area contributed by atoms with Crippen molar-refractivity contribution in [3.05, 3.63) is 35.9 Å². The van der Waals surface area contributed by atoms with Gasteiger partial charge in [0.25, 0.3) is 0 Å². The SMILES string of the molecule is COc1ccccc1/C=C/C(=O)N1CCOC1. The predicted octanol–water partition coefficient (Wildman–Crippen LogP) is 1.52. The van der Waals surface area contributed by atoms with E-state index in [2.05, 4.69) is 0 Å². The van der Waals surface area contributed by atoms with Crippen molar-refractivity contribution in [3.8, 4) is 5.75 Å². The molecule has 1 aromatic carbocycles. The molecular formula is C13H15NO3. The van der Waals surface area contributed by atoms with Crippen LogP contribution in [-0.2, 0) is 9.53 Å². The maximum Gasteiger partial charge on any atom is 0.248 e. The van der Waals surface area contributed by atoms with Crippen LogP contribution in [-0.4, -0.2) is 37.8 Å². The molecule has 1 aliphatic heterocycles. The summed E-state index contributed by atoms with van der Waals surface area (Å²) in [5.41, 5.74) is 0.892. The number of para-hydroxylation sites is 1. The van der Waals surface area contributed by atoms with Crippen molar-refractivity contribution in [1.29, 1.82) is 0 Å². The molecule has 0 aromatic heterocycles. The van der Waals surface area contributed by atoms with Gasteiger partial charge in [-0.25, -0.2) is 0 Å². The van der Waals surface area contributed by atoms with Gasteiger partial charge >= 0.3 is 0 Å². The smallest absolute Gasteiger partial charge is 0.248 e. The van der Waals surface area contributed by atoms with Gasteiger partial charge in [0, 0.05) is 18.2 Å². The monoisotopic (exact) mass is 233 g/mol. The van der Waals surface area contributed by atoms with E-state index in [1.54, 1.807) is 24.2 Å². The molecule has 1 fully saturated rings. The van der Waals surface area contributed by atoms with Gasteiger partial charge in [0.2, 0.25) is 5.91 Å². The molecule has 1 saturated heterocycles. The van der Waals surface area contributed by atoms with Crippen molar-refractivity contribution in [1.82, 2.24) is 4.90 Å². The number of carbonyl (C=O) groups excluding carboxylic acids is 1. The van der Waals surface area contributed by atoms with Crippen molar-refractivity contribution in [2.24, 2.45) is 0 Å².